The van der Waals surface area contributed by atoms with Gasteiger partial charge in [-0.15, -0.1) is 11.3 Å². The van der Waals surface area contributed by atoms with Crippen molar-refractivity contribution in [3.63, 3.8) is 0 Å². The van der Waals surface area contributed by atoms with E-state index in [-0.39, 0.29) is 5.82 Å². The Hall–Kier alpha value is -1.39. The van der Waals surface area contributed by atoms with E-state index in [1.807, 2.05) is 7.05 Å². The molecule has 0 spiro atoms. The molecule has 0 unspecified atom stereocenters. The highest BCUT2D eigenvalue weighted by molar-refractivity contribution is 7.10. The summed E-state index contributed by atoms with van der Waals surface area (Å²) in [5.41, 5.74) is 2.39. The van der Waals surface area contributed by atoms with E-state index >= 15 is 0 Å². The van der Waals surface area contributed by atoms with Crippen LogP contribution in [0, 0.1) is 12.7 Å². The molecule has 2 nitrogen and oxygen atoms in total. The third-order valence-electron chi connectivity index (χ3n) is 3.15. The van der Waals surface area contributed by atoms with E-state index in [2.05, 4.69) is 28.6 Å². The SMILES string of the molecule is Cc1ccsc1CNCCN(C)c1ccc(F)cc1. The maximum atomic E-state index is 12.8. The van der Waals surface area contributed by atoms with Crippen LogP contribution in [0.15, 0.2) is 35.7 Å². The molecule has 0 fully saturated rings. The summed E-state index contributed by atoms with van der Waals surface area (Å²) in [7, 11) is 2.02. The first-order valence-electron chi connectivity index (χ1n) is 6.37. The van der Waals surface area contributed by atoms with Crippen molar-refractivity contribution in [2.45, 2.75) is 13.5 Å². The summed E-state index contributed by atoms with van der Waals surface area (Å²) in [6.45, 7) is 4.86. The van der Waals surface area contributed by atoms with Crippen LogP contribution in [-0.4, -0.2) is 20.1 Å². The van der Waals surface area contributed by atoms with Gasteiger partial charge in [0.15, 0.2) is 0 Å². The number of nitrogens with one attached hydrogen (secondary N) is 1. The number of thiophene rings is 1. The Bertz CT molecular complexity index is 507. The molecule has 102 valence electrons. The average Bonchev–Trinajstić information content (AvgIpc) is 2.81. The second-order valence-corrected chi connectivity index (χ2v) is 5.60. The molecule has 19 heavy (non-hydrogen) atoms. The minimum atomic E-state index is -0.191. The molecule has 0 bridgehead atoms. The Kier molecular flexibility index (Phi) is 4.93. The molecule has 0 atom stereocenters. The number of benzene rings is 1. The maximum Gasteiger partial charge on any atom is 0.123 e. The van der Waals surface area contributed by atoms with E-state index in [1.54, 1.807) is 23.5 Å². The lowest BCUT2D eigenvalue weighted by Crippen LogP contribution is -2.28. The van der Waals surface area contributed by atoms with Crippen molar-refractivity contribution >= 4 is 17.0 Å². The van der Waals surface area contributed by atoms with E-state index in [1.165, 1.54) is 22.6 Å². The van der Waals surface area contributed by atoms with Gasteiger partial charge in [0, 0.05) is 37.2 Å². The van der Waals surface area contributed by atoms with Gasteiger partial charge >= 0.3 is 0 Å². The van der Waals surface area contributed by atoms with Crippen molar-refractivity contribution in [1.29, 1.82) is 0 Å². The van der Waals surface area contributed by atoms with Gasteiger partial charge in [0.1, 0.15) is 5.82 Å². The highest BCUT2D eigenvalue weighted by atomic mass is 32.1. The number of hydrogen-bond acceptors (Lipinski definition) is 3. The number of rotatable bonds is 6. The quantitative estimate of drug-likeness (QED) is 0.815. The summed E-state index contributed by atoms with van der Waals surface area (Å²) in [5, 5.41) is 5.56. The van der Waals surface area contributed by atoms with Gasteiger partial charge in [-0.25, -0.2) is 4.39 Å². The van der Waals surface area contributed by atoms with Crippen molar-refractivity contribution in [2.75, 3.05) is 25.0 Å². The molecule has 2 aromatic rings. The molecule has 0 aliphatic carbocycles. The highest BCUT2D eigenvalue weighted by Gasteiger charge is 2.02. The van der Waals surface area contributed by atoms with Crippen molar-refractivity contribution in [3.8, 4) is 0 Å². The van der Waals surface area contributed by atoms with Gasteiger partial charge in [0.25, 0.3) is 0 Å². The van der Waals surface area contributed by atoms with Crippen LogP contribution >= 0.6 is 11.3 Å². The van der Waals surface area contributed by atoms with E-state index in [0.717, 1.165) is 25.3 Å². The molecule has 0 saturated carbocycles. The van der Waals surface area contributed by atoms with Crippen molar-refractivity contribution < 1.29 is 4.39 Å². The predicted octanol–water partition coefficient (Wildman–Crippen LogP) is 3.42. The molecule has 1 heterocycles. The first-order valence-corrected chi connectivity index (χ1v) is 7.25. The summed E-state index contributed by atoms with van der Waals surface area (Å²) in [4.78, 5) is 3.51. The normalized spacial score (nSPS) is 10.7. The summed E-state index contributed by atoms with van der Waals surface area (Å²) in [6, 6.07) is 8.74. The topological polar surface area (TPSA) is 15.3 Å². The lowest BCUT2D eigenvalue weighted by Gasteiger charge is -2.19. The lowest BCUT2D eigenvalue weighted by molar-refractivity contribution is 0.627. The number of hydrogen-bond donors (Lipinski definition) is 1. The Morgan fingerprint density at radius 3 is 2.58 bits per heavy atom. The monoisotopic (exact) mass is 278 g/mol. The van der Waals surface area contributed by atoms with Crippen LogP contribution in [0.5, 0.6) is 0 Å². The zero-order valence-corrected chi connectivity index (χ0v) is 12.1. The van der Waals surface area contributed by atoms with Crippen LogP contribution in [0.25, 0.3) is 0 Å². The van der Waals surface area contributed by atoms with Crippen LogP contribution in [0.2, 0.25) is 0 Å². The smallest absolute Gasteiger partial charge is 0.123 e. The van der Waals surface area contributed by atoms with E-state index < -0.39 is 0 Å². The number of aryl methyl sites for hydroxylation is 1. The van der Waals surface area contributed by atoms with Crippen molar-refractivity contribution in [1.82, 2.24) is 5.32 Å². The summed E-state index contributed by atoms with van der Waals surface area (Å²) >= 11 is 1.79. The Morgan fingerprint density at radius 2 is 1.95 bits per heavy atom. The van der Waals surface area contributed by atoms with Crippen LogP contribution in [0.3, 0.4) is 0 Å². The van der Waals surface area contributed by atoms with Crippen LogP contribution in [-0.2, 0) is 6.54 Å². The molecule has 0 radical (unpaired) electrons. The second-order valence-electron chi connectivity index (χ2n) is 4.60. The van der Waals surface area contributed by atoms with Crippen LogP contribution < -0.4 is 10.2 Å². The van der Waals surface area contributed by atoms with Crippen molar-refractivity contribution in [3.05, 3.63) is 52.0 Å². The van der Waals surface area contributed by atoms with Gasteiger partial charge in [-0.2, -0.15) is 0 Å². The highest BCUT2D eigenvalue weighted by Crippen LogP contribution is 2.15. The first-order chi connectivity index (χ1) is 9.16. The van der Waals surface area contributed by atoms with E-state index in [0.29, 0.717) is 0 Å². The fourth-order valence-electron chi connectivity index (χ4n) is 1.86. The van der Waals surface area contributed by atoms with Gasteiger partial charge in [-0.05, 0) is 48.2 Å². The summed E-state index contributed by atoms with van der Waals surface area (Å²) in [6.07, 6.45) is 0. The fourth-order valence-corrected chi connectivity index (χ4v) is 2.73. The molecule has 0 saturated heterocycles. The van der Waals surface area contributed by atoms with E-state index in [4.69, 9.17) is 0 Å². The number of halogens is 1. The first kappa shape index (κ1) is 14.0. The molecule has 2 rings (SSSR count). The second kappa shape index (κ2) is 6.68. The van der Waals surface area contributed by atoms with Gasteiger partial charge in [0.05, 0.1) is 0 Å². The summed E-state index contributed by atoms with van der Waals surface area (Å²) < 4.78 is 12.8. The van der Waals surface area contributed by atoms with Crippen molar-refractivity contribution in [2.24, 2.45) is 0 Å². The average molecular weight is 278 g/mol. The minimum absolute atomic E-state index is 0.191. The molecular formula is C15H19FN2S. The molecule has 0 amide bonds. The van der Waals surface area contributed by atoms with Gasteiger partial charge < -0.3 is 10.2 Å². The zero-order valence-electron chi connectivity index (χ0n) is 11.3. The fraction of sp³-hybridized carbons (Fsp3) is 0.333. The minimum Gasteiger partial charge on any atom is -0.373 e. The molecule has 1 N–H and O–H groups in total. The van der Waals surface area contributed by atoms with Gasteiger partial charge in [-0.3, -0.25) is 0 Å². The lowest BCUT2D eigenvalue weighted by atomic mass is 10.3. The molecule has 1 aromatic heterocycles. The predicted molar refractivity (Wildman–Crippen MR) is 80.4 cm³/mol. The molecule has 4 heteroatoms. The molecule has 0 aliphatic rings. The molecule has 1 aromatic carbocycles. The number of likely N-dealkylation sites (N-methyl/N-ethyl adjacent to an activating group) is 1. The maximum absolute atomic E-state index is 12.8. The third kappa shape index (κ3) is 4.04. The molecular weight excluding hydrogens is 259 g/mol. The van der Waals surface area contributed by atoms with Gasteiger partial charge in [0.2, 0.25) is 0 Å². The number of nitrogens with zero attached hydrogens (tertiary/aromatic N) is 1. The zero-order chi connectivity index (χ0) is 13.7. The third-order valence-corrected chi connectivity index (χ3v) is 4.17. The Morgan fingerprint density at radius 1 is 1.21 bits per heavy atom. The standard InChI is InChI=1S/C15H19FN2S/c1-12-7-10-19-15(12)11-17-8-9-18(2)14-5-3-13(16)4-6-14/h3-7,10,17H,8-9,11H2,1-2H3. The Balaban J connectivity index is 1.73. The largest absolute Gasteiger partial charge is 0.373 e. The molecule has 0 aliphatic heterocycles. The Labute approximate surface area is 117 Å². The number of anilines is 1. The van der Waals surface area contributed by atoms with Crippen LogP contribution in [0.1, 0.15) is 10.4 Å². The summed E-state index contributed by atoms with van der Waals surface area (Å²) in [5.74, 6) is -0.191. The van der Waals surface area contributed by atoms with Gasteiger partial charge in [-0.1, -0.05) is 0 Å². The van der Waals surface area contributed by atoms with Crippen LogP contribution in [0.4, 0.5) is 10.1 Å². The van der Waals surface area contributed by atoms with E-state index in [9.17, 15) is 4.39 Å².